The SMILES string of the molecule is CCCCn1c(=O)[nH]c(=O)c2c1nc(COC(=O)c1cc3c(s1)-c1ccccc1OC3)n2CC. The minimum atomic E-state index is -0.496. The van der Waals surface area contributed by atoms with E-state index >= 15 is 0 Å². The van der Waals surface area contributed by atoms with Gasteiger partial charge in [0, 0.05) is 29.1 Å². The summed E-state index contributed by atoms with van der Waals surface area (Å²) in [6, 6.07) is 9.53. The van der Waals surface area contributed by atoms with E-state index in [1.165, 1.54) is 15.9 Å². The van der Waals surface area contributed by atoms with Crippen LogP contribution >= 0.6 is 11.3 Å². The van der Waals surface area contributed by atoms with E-state index < -0.39 is 17.2 Å². The molecule has 0 aliphatic carbocycles. The summed E-state index contributed by atoms with van der Waals surface area (Å²) in [5, 5.41) is 0. The number of carbonyl (C=O) groups is 1. The summed E-state index contributed by atoms with van der Waals surface area (Å²) in [6.45, 7) is 5.08. The van der Waals surface area contributed by atoms with E-state index in [1.807, 2.05) is 38.1 Å². The number of fused-ring (bicyclic) bond motifs is 4. The van der Waals surface area contributed by atoms with Gasteiger partial charge in [-0.05, 0) is 31.5 Å². The van der Waals surface area contributed by atoms with E-state index in [2.05, 4.69) is 9.97 Å². The predicted octanol–water partition coefficient (Wildman–Crippen LogP) is 3.68. The molecule has 4 heterocycles. The number of hydrogen-bond acceptors (Lipinski definition) is 7. The van der Waals surface area contributed by atoms with Gasteiger partial charge in [0.2, 0.25) is 0 Å². The Morgan fingerprint density at radius 3 is 2.85 bits per heavy atom. The number of nitrogens with one attached hydrogen (secondary N) is 1. The number of aromatic nitrogens is 4. The van der Waals surface area contributed by atoms with Crippen LogP contribution in [0.2, 0.25) is 0 Å². The summed E-state index contributed by atoms with van der Waals surface area (Å²) in [5.41, 5.74) is 1.55. The van der Waals surface area contributed by atoms with Crippen molar-refractivity contribution in [3.05, 3.63) is 67.4 Å². The second kappa shape index (κ2) is 8.94. The smallest absolute Gasteiger partial charge is 0.348 e. The van der Waals surface area contributed by atoms with Crippen LogP contribution in [-0.2, 0) is 31.0 Å². The number of unbranched alkanes of at least 4 members (excludes halogenated alkanes) is 1. The number of H-pyrrole nitrogens is 1. The monoisotopic (exact) mass is 480 g/mol. The summed E-state index contributed by atoms with van der Waals surface area (Å²) >= 11 is 1.37. The van der Waals surface area contributed by atoms with E-state index in [0.29, 0.717) is 41.6 Å². The van der Waals surface area contributed by atoms with Crippen molar-refractivity contribution in [2.75, 3.05) is 0 Å². The molecule has 34 heavy (non-hydrogen) atoms. The number of hydrogen-bond donors (Lipinski definition) is 1. The van der Waals surface area contributed by atoms with Crippen LogP contribution in [0.4, 0.5) is 0 Å². The van der Waals surface area contributed by atoms with Gasteiger partial charge < -0.3 is 14.0 Å². The van der Waals surface area contributed by atoms with Gasteiger partial charge in [0.1, 0.15) is 29.7 Å². The Balaban J connectivity index is 1.43. The van der Waals surface area contributed by atoms with E-state index in [-0.39, 0.29) is 6.61 Å². The van der Waals surface area contributed by atoms with Crippen molar-refractivity contribution in [2.24, 2.45) is 0 Å². The number of ether oxygens (including phenoxy) is 2. The van der Waals surface area contributed by atoms with Crippen molar-refractivity contribution in [1.29, 1.82) is 0 Å². The molecule has 0 unspecified atom stereocenters. The zero-order valence-corrected chi connectivity index (χ0v) is 19.7. The van der Waals surface area contributed by atoms with Gasteiger partial charge in [-0.1, -0.05) is 25.5 Å². The Hall–Kier alpha value is -3.66. The van der Waals surface area contributed by atoms with Crippen molar-refractivity contribution >= 4 is 28.5 Å². The Kier molecular flexibility index (Phi) is 5.82. The molecule has 0 atom stereocenters. The molecule has 4 aromatic rings. The summed E-state index contributed by atoms with van der Waals surface area (Å²) in [4.78, 5) is 46.2. The molecule has 0 radical (unpaired) electrons. The fourth-order valence-corrected chi connectivity index (χ4v) is 5.28. The zero-order valence-electron chi connectivity index (χ0n) is 18.9. The normalized spacial score (nSPS) is 12.3. The van der Waals surface area contributed by atoms with Crippen LogP contribution in [0.3, 0.4) is 0 Å². The maximum atomic E-state index is 12.9. The lowest BCUT2D eigenvalue weighted by Gasteiger charge is -2.16. The maximum Gasteiger partial charge on any atom is 0.348 e. The summed E-state index contributed by atoms with van der Waals surface area (Å²) in [7, 11) is 0. The van der Waals surface area contributed by atoms with E-state index in [9.17, 15) is 14.4 Å². The van der Waals surface area contributed by atoms with Crippen LogP contribution < -0.4 is 16.0 Å². The lowest BCUT2D eigenvalue weighted by atomic mass is 10.1. The Labute approximate surface area is 198 Å². The number of thiophene rings is 1. The number of nitrogens with zero attached hydrogens (tertiary/aromatic N) is 3. The molecule has 0 spiro atoms. The van der Waals surface area contributed by atoms with Crippen LogP contribution in [0.15, 0.2) is 39.9 Å². The second-order valence-corrected chi connectivity index (χ2v) is 9.09. The number of para-hydroxylation sites is 1. The zero-order chi connectivity index (χ0) is 23.8. The summed E-state index contributed by atoms with van der Waals surface area (Å²) in [6.07, 6.45) is 1.67. The molecule has 1 aromatic carbocycles. The van der Waals surface area contributed by atoms with Gasteiger partial charge >= 0.3 is 11.7 Å². The quantitative estimate of drug-likeness (QED) is 0.404. The first kappa shape index (κ1) is 22.1. The first-order valence-corrected chi connectivity index (χ1v) is 12.1. The maximum absolute atomic E-state index is 12.9. The van der Waals surface area contributed by atoms with Gasteiger partial charge in [-0.25, -0.2) is 14.6 Å². The third-order valence-electron chi connectivity index (χ3n) is 5.87. The highest BCUT2D eigenvalue weighted by atomic mass is 32.1. The molecule has 176 valence electrons. The number of aryl methyl sites for hydroxylation is 2. The van der Waals surface area contributed by atoms with Crippen molar-refractivity contribution in [3.63, 3.8) is 0 Å². The van der Waals surface area contributed by atoms with Crippen molar-refractivity contribution < 1.29 is 14.3 Å². The molecule has 1 aliphatic rings. The minimum absolute atomic E-state index is 0.113. The molecule has 3 aromatic heterocycles. The highest BCUT2D eigenvalue weighted by Crippen LogP contribution is 2.42. The molecule has 0 bridgehead atoms. The molecular formula is C24H24N4O5S. The van der Waals surface area contributed by atoms with Crippen LogP contribution in [0, 0.1) is 0 Å². The molecule has 0 saturated heterocycles. The second-order valence-electron chi connectivity index (χ2n) is 8.03. The van der Waals surface area contributed by atoms with Gasteiger partial charge in [0.25, 0.3) is 5.56 Å². The van der Waals surface area contributed by atoms with Gasteiger partial charge in [-0.2, -0.15) is 0 Å². The number of esters is 1. The van der Waals surface area contributed by atoms with E-state index in [0.717, 1.165) is 34.6 Å². The number of aromatic amines is 1. The Morgan fingerprint density at radius 1 is 1.24 bits per heavy atom. The number of benzene rings is 1. The van der Waals surface area contributed by atoms with Crippen molar-refractivity contribution in [1.82, 2.24) is 19.1 Å². The van der Waals surface area contributed by atoms with Gasteiger partial charge in [-0.15, -0.1) is 11.3 Å². The van der Waals surface area contributed by atoms with E-state index in [1.54, 1.807) is 10.6 Å². The largest absolute Gasteiger partial charge is 0.488 e. The highest BCUT2D eigenvalue weighted by Gasteiger charge is 2.24. The number of carbonyl (C=O) groups excluding carboxylic acids is 1. The molecular weight excluding hydrogens is 456 g/mol. The average Bonchev–Trinajstić information content (AvgIpc) is 3.44. The summed E-state index contributed by atoms with van der Waals surface area (Å²) in [5.74, 6) is 0.749. The third-order valence-corrected chi connectivity index (χ3v) is 7.06. The van der Waals surface area contributed by atoms with Crippen LogP contribution in [-0.4, -0.2) is 25.1 Å². The lowest BCUT2D eigenvalue weighted by molar-refractivity contribution is 0.0464. The Bertz CT molecular complexity index is 1510. The molecule has 1 aliphatic heterocycles. The lowest BCUT2D eigenvalue weighted by Crippen LogP contribution is -2.31. The third kappa shape index (κ3) is 3.73. The molecule has 0 saturated carbocycles. The first-order chi connectivity index (χ1) is 16.5. The number of rotatable bonds is 7. The highest BCUT2D eigenvalue weighted by molar-refractivity contribution is 7.17. The molecule has 1 N–H and O–H groups in total. The van der Waals surface area contributed by atoms with Crippen molar-refractivity contribution in [3.8, 4) is 16.2 Å². The fraction of sp³-hybridized carbons (Fsp3) is 0.333. The van der Waals surface area contributed by atoms with Gasteiger partial charge in [0.05, 0.1) is 0 Å². The number of imidazole rings is 1. The average molecular weight is 481 g/mol. The molecule has 0 fully saturated rings. The molecule has 9 nitrogen and oxygen atoms in total. The van der Waals surface area contributed by atoms with E-state index in [4.69, 9.17) is 9.47 Å². The minimum Gasteiger partial charge on any atom is -0.488 e. The van der Waals surface area contributed by atoms with Crippen LogP contribution in [0.5, 0.6) is 5.75 Å². The predicted molar refractivity (Wildman–Crippen MR) is 128 cm³/mol. The summed E-state index contributed by atoms with van der Waals surface area (Å²) < 4.78 is 14.5. The Morgan fingerprint density at radius 2 is 2.06 bits per heavy atom. The standard InChI is InChI=1S/C24H24N4O5S/c1-3-5-10-28-21-19(22(29)26-24(28)31)27(4-2)18(25-21)13-33-23(30)17-11-14-12-32-16-9-7-6-8-15(16)20(14)34-17/h6-9,11H,3-5,10,12-13H2,1-2H3,(H,26,29,31). The molecule has 0 amide bonds. The van der Waals surface area contributed by atoms with Crippen LogP contribution in [0.1, 0.15) is 47.7 Å². The van der Waals surface area contributed by atoms with Gasteiger partial charge in [0.15, 0.2) is 11.2 Å². The van der Waals surface area contributed by atoms with Crippen LogP contribution in [0.25, 0.3) is 21.6 Å². The van der Waals surface area contributed by atoms with Crippen molar-refractivity contribution in [2.45, 2.75) is 53.0 Å². The fourth-order valence-electron chi connectivity index (χ4n) is 4.19. The topological polar surface area (TPSA) is 108 Å². The first-order valence-electron chi connectivity index (χ1n) is 11.3. The van der Waals surface area contributed by atoms with Gasteiger partial charge in [-0.3, -0.25) is 14.3 Å². The molecule has 5 rings (SSSR count). The molecule has 10 heteroatoms.